The molecule has 9 nitrogen and oxygen atoms in total. The number of likely N-dealkylation sites (tertiary alicyclic amines) is 1. The number of hydrogen-bond acceptors (Lipinski definition) is 7. The van der Waals surface area contributed by atoms with Crippen LogP contribution in [0.25, 0.3) is 0 Å². The number of benzene rings is 2. The van der Waals surface area contributed by atoms with Crippen LogP contribution in [0.3, 0.4) is 0 Å². The van der Waals surface area contributed by atoms with Gasteiger partial charge >= 0.3 is 6.03 Å². The lowest BCUT2D eigenvalue weighted by Crippen LogP contribution is -2.60. The number of nitrogens with one attached hydrogen (secondary N) is 2. The fraction of sp³-hybridized carbons (Fsp3) is 0.545. The van der Waals surface area contributed by atoms with Crippen molar-refractivity contribution >= 4 is 40.0 Å². The Morgan fingerprint density at radius 2 is 1.59 bits per heavy atom. The van der Waals surface area contributed by atoms with Crippen LogP contribution in [0.4, 0.5) is 13.6 Å². The average molecular weight is 679 g/mol. The first kappa shape index (κ1) is 34.4. The van der Waals surface area contributed by atoms with Crippen molar-refractivity contribution in [2.75, 3.05) is 32.4 Å². The number of rotatable bonds is 8. The fourth-order valence-electron chi connectivity index (χ4n) is 7.69. The molecule has 2 N–H and O–H groups in total. The number of amides is 3. The van der Waals surface area contributed by atoms with E-state index in [1.54, 1.807) is 12.1 Å². The van der Waals surface area contributed by atoms with E-state index in [-0.39, 0.29) is 73.1 Å². The maximum Gasteiger partial charge on any atom is 0.325 e. The van der Waals surface area contributed by atoms with Crippen LogP contribution in [-0.4, -0.2) is 85.9 Å². The van der Waals surface area contributed by atoms with Gasteiger partial charge in [-0.3, -0.25) is 19.4 Å². The third kappa shape index (κ3) is 6.86. The van der Waals surface area contributed by atoms with Crippen LogP contribution in [0.1, 0.15) is 55.6 Å². The van der Waals surface area contributed by atoms with Gasteiger partial charge < -0.3 is 10.6 Å². The quantitative estimate of drug-likeness (QED) is 0.403. The molecule has 0 aromatic heterocycles. The Labute approximate surface area is 274 Å². The molecule has 2 aromatic carbocycles. The standard InChI is InChI=1S/C33H40F2N4O5S.ClH/c1-45(43,44)25-9-7-22(8-10-25)21-39-30(41)32(37-31(39)42)15-17-38(18-16-32)28(29(40)24-11-13-33(34,35)14-12-24)27-20-36-19-26(27)23-5-3-2-4-6-23;/h2-10,24,26-28,36H,11-21H2,1H3,(H,37,42);1H/t26-,27-,28?;/m1./s1. The van der Waals surface area contributed by atoms with Crippen LogP contribution in [0, 0.1) is 11.8 Å². The molecule has 250 valence electrons. The normalized spacial score (nSPS) is 25.7. The highest BCUT2D eigenvalue weighted by Crippen LogP contribution is 2.41. The third-order valence-corrected chi connectivity index (χ3v) is 11.4. The molecule has 1 aliphatic carbocycles. The van der Waals surface area contributed by atoms with E-state index in [4.69, 9.17) is 0 Å². The second-order valence-corrected chi connectivity index (χ2v) is 15.2. The number of hydrogen-bond donors (Lipinski definition) is 2. The van der Waals surface area contributed by atoms with Crippen LogP contribution >= 0.6 is 12.4 Å². The van der Waals surface area contributed by atoms with Crippen molar-refractivity contribution in [3.63, 3.8) is 0 Å². The summed E-state index contributed by atoms with van der Waals surface area (Å²) in [5, 5.41) is 6.39. The number of ketones is 1. The summed E-state index contributed by atoms with van der Waals surface area (Å²) >= 11 is 0. The lowest BCUT2D eigenvalue weighted by Gasteiger charge is -2.44. The molecule has 13 heteroatoms. The number of carbonyl (C=O) groups excluding carboxylic acids is 3. The molecule has 3 amide bonds. The molecule has 46 heavy (non-hydrogen) atoms. The van der Waals surface area contributed by atoms with Crippen molar-refractivity contribution in [3.8, 4) is 0 Å². The van der Waals surface area contributed by atoms with Gasteiger partial charge in [-0.05, 0) is 48.9 Å². The van der Waals surface area contributed by atoms with Gasteiger partial charge in [0.05, 0.1) is 17.5 Å². The molecule has 1 unspecified atom stereocenters. The highest BCUT2D eigenvalue weighted by atomic mass is 35.5. The van der Waals surface area contributed by atoms with Crippen molar-refractivity contribution in [2.45, 2.75) is 73.4 Å². The topological polar surface area (TPSA) is 116 Å². The van der Waals surface area contributed by atoms with Crippen LogP contribution in [0.15, 0.2) is 59.5 Å². The Morgan fingerprint density at radius 3 is 2.20 bits per heavy atom. The largest absolute Gasteiger partial charge is 0.325 e. The Kier molecular flexibility index (Phi) is 9.94. The molecule has 2 aromatic rings. The Morgan fingerprint density at radius 1 is 0.957 bits per heavy atom. The monoisotopic (exact) mass is 678 g/mol. The van der Waals surface area contributed by atoms with E-state index in [2.05, 4.69) is 27.7 Å². The molecule has 4 fully saturated rings. The molecule has 3 atom stereocenters. The number of nitrogens with zero attached hydrogens (tertiary/aromatic N) is 2. The minimum absolute atomic E-state index is 0. The zero-order valence-corrected chi connectivity index (χ0v) is 27.4. The number of piperidine rings is 1. The third-order valence-electron chi connectivity index (χ3n) is 10.3. The van der Waals surface area contributed by atoms with Crippen LogP contribution in [-0.2, 0) is 26.0 Å². The molecular formula is C33H41ClF2N4O5S. The van der Waals surface area contributed by atoms with Gasteiger partial charge in [-0.2, -0.15) is 0 Å². The van der Waals surface area contributed by atoms with Crippen molar-refractivity contribution < 1.29 is 31.6 Å². The number of imide groups is 1. The van der Waals surface area contributed by atoms with E-state index < -0.39 is 39.3 Å². The molecule has 3 heterocycles. The van der Waals surface area contributed by atoms with E-state index in [0.29, 0.717) is 44.6 Å². The average Bonchev–Trinajstić information content (AvgIpc) is 3.57. The van der Waals surface area contributed by atoms with Gasteiger partial charge in [-0.1, -0.05) is 42.5 Å². The smallest absolute Gasteiger partial charge is 0.323 e. The molecular weight excluding hydrogens is 638 g/mol. The molecule has 4 aliphatic rings. The Hall–Kier alpha value is -2.93. The summed E-state index contributed by atoms with van der Waals surface area (Å²) < 4.78 is 51.7. The SMILES string of the molecule is CS(=O)(=O)c1ccc(CN2C(=O)NC3(CCN(C(C(=O)C4CCC(F)(F)CC4)[C@@H]4CNC[C@@H]4c4ccccc4)CC3)C2=O)cc1.Cl. The lowest BCUT2D eigenvalue weighted by molar-refractivity contribution is -0.137. The minimum atomic E-state index is -3.37. The molecule has 1 saturated carbocycles. The number of carbonyl (C=O) groups is 3. The van der Waals surface area contributed by atoms with Gasteiger partial charge in [0, 0.05) is 63.0 Å². The first-order valence-electron chi connectivity index (χ1n) is 15.7. The van der Waals surface area contributed by atoms with E-state index >= 15 is 0 Å². The maximum absolute atomic E-state index is 14.2. The number of sulfone groups is 1. The van der Waals surface area contributed by atoms with Crippen molar-refractivity contribution in [1.29, 1.82) is 0 Å². The first-order valence-corrected chi connectivity index (χ1v) is 17.6. The van der Waals surface area contributed by atoms with Crippen molar-refractivity contribution in [2.24, 2.45) is 11.8 Å². The molecule has 3 aliphatic heterocycles. The summed E-state index contributed by atoms with van der Waals surface area (Å²) in [4.78, 5) is 44.5. The number of alkyl halides is 2. The van der Waals surface area contributed by atoms with Gasteiger partial charge in [-0.25, -0.2) is 22.0 Å². The molecule has 3 saturated heterocycles. The van der Waals surface area contributed by atoms with Crippen LogP contribution in [0.2, 0.25) is 0 Å². The highest BCUT2D eigenvalue weighted by molar-refractivity contribution is 7.90. The van der Waals surface area contributed by atoms with E-state index in [9.17, 15) is 31.6 Å². The summed E-state index contributed by atoms with van der Waals surface area (Å²) in [6.45, 7) is 2.16. The zero-order chi connectivity index (χ0) is 32.0. The Bertz CT molecular complexity index is 1540. The van der Waals surface area contributed by atoms with Gasteiger partial charge in [0.25, 0.3) is 5.91 Å². The van der Waals surface area contributed by atoms with Crippen molar-refractivity contribution in [1.82, 2.24) is 20.4 Å². The fourth-order valence-corrected chi connectivity index (χ4v) is 8.32. The molecule has 0 bridgehead atoms. The van der Waals surface area contributed by atoms with Gasteiger partial charge in [0.1, 0.15) is 5.54 Å². The molecule has 0 radical (unpaired) electrons. The first-order chi connectivity index (χ1) is 21.4. The minimum Gasteiger partial charge on any atom is -0.323 e. The second kappa shape index (κ2) is 13.3. The summed E-state index contributed by atoms with van der Waals surface area (Å²) in [5.41, 5.74) is 0.672. The van der Waals surface area contributed by atoms with Gasteiger partial charge in [0.2, 0.25) is 5.92 Å². The Balaban J connectivity index is 0.00000417. The summed E-state index contributed by atoms with van der Waals surface area (Å²) in [6, 6.07) is 15.2. The van der Waals surface area contributed by atoms with E-state index in [1.807, 2.05) is 18.2 Å². The van der Waals surface area contributed by atoms with Gasteiger partial charge in [0.15, 0.2) is 15.6 Å². The van der Waals surface area contributed by atoms with E-state index in [1.165, 1.54) is 17.0 Å². The predicted molar refractivity (Wildman–Crippen MR) is 171 cm³/mol. The predicted octanol–water partition coefficient (Wildman–Crippen LogP) is 4.16. The van der Waals surface area contributed by atoms with Crippen LogP contribution in [0.5, 0.6) is 0 Å². The highest BCUT2D eigenvalue weighted by Gasteiger charge is 2.54. The van der Waals surface area contributed by atoms with Crippen molar-refractivity contribution in [3.05, 3.63) is 65.7 Å². The second-order valence-electron chi connectivity index (χ2n) is 13.2. The van der Waals surface area contributed by atoms with Gasteiger partial charge in [-0.15, -0.1) is 12.4 Å². The number of urea groups is 1. The molecule has 1 spiro atoms. The summed E-state index contributed by atoms with van der Waals surface area (Å²) in [6.07, 6.45) is 1.55. The maximum atomic E-state index is 14.2. The summed E-state index contributed by atoms with van der Waals surface area (Å²) in [7, 11) is -3.37. The zero-order valence-electron chi connectivity index (χ0n) is 25.8. The molecule has 6 rings (SSSR count). The van der Waals surface area contributed by atoms with E-state index in [0.717, 1.165) is 11.8 Å². The summed E-state index contributed by atoms with van der Waals surface area (Å²) in [5.74, 6) is -3.46. The van der Waals surface area contributed by atoms with Crippen LogP contribution < -0.4 is 10.6 Å². The number of Topliss-reactive ketones (excluding diaryl/α,β-unsaturated/α-hetero) is 1. The lowest BCUT2D eigenvalue weighted by atomic mass is 9.74. The number of halogens is 3.